The first kappa shape index (κ1) is 22.3. The van der Waals surface area contributed by atoms with Crippen molar-refractivity contribution in [1.82, 2.24) is 15.3 Å². The molecule has 0 saturated heterocycles. The molecular formula is C21H23F3N6O. The summed E-state index contributed by atoms with van der Waals surface area (Å²) in [5.74, 6) is -0.126. The van der Waals surface area contributed by atoms with Gasteiger partial charge in [-0.25, -0.2) is 4.98 Å². The number of nitrogens with zero attached hydrogens (tertiary/aromatic N) is 4. The molecule has 0 radical (unpaired) electrons. The molecule has 1 saturated carbocycles. The fraction of sp³-hybridized carbons (Fsp3) is 0.429. The van der Waals surface area contributed by atoms with E-state index in [2.05, 4.69) is 20.6 Å². The van der Waals surface area contributed by atoms with E-state index < -0.39 is 11.9 Å². The van der Waals surface area contributed by atoms with Crippen LogP contribution in [0.1, 0.15) is 47.3 Å². The largest absolute Gasteiger partial charge is 0.433 e. The van der Waals surface area contributed by atoms with Crippen LogP contribution in [0.2, 0.25) is 0 Å². The third-order valence-electron chi connectivity index (χ3n) is 5.07. The minimum Gasteiger partial charge on any atom is -0.367 e. The Balaban J connectivity index is 1.59. The predicted molar refractivity (Wildman–Crippen MR) is 110 cm³/mol. The maximum atomic E-state index is 13.2. The van der Waals surface area contributed by atoms with E-state index in [-0.39, 0.29) is 29.8 Å². The summed E-state index contributed by atoms with van der Waals surface area (Å²) in [5, 5.41) is 15.0. The number of hydrogen-bond donors (Lipinski definition) is 2. The molecule has 1 aliphatic carbocycles. The standard InChI is InChI=1S/C21H23F3N6O/c1-30(2)20-28-17(21(22,23)24)11-18(29-20)26-15-6-8-16(9-7-15)27-19(31)14-5-3-4-13(10-14)12-25/h3-5,10-11,15-16H,6-9H2,1-2H3,(H,27,31)(H,26,28,29)/t15-,16+. The fourth-order valence-electron chi connectivity index (χ4n) is 3.44. The first-order chi connectivity index (χ1) is 14.7. The number of aromatic nitrogens is 2. The number of anilines is 2. The van der Waals surface area contributed by atoms with E-state index in [0.29, 0.717) is 36.8 Å². The zero-order chi connectivity index (χ0) is 22.6. The van der Waals surface area contributed by atoms with Crippen LogP contribution in [0.15, 0.2) is 30.3 Å². The number of amides is 1. The minimum absolute atomic E-state index is 0.0159. The van der Waals surface area contributed by atoms with Crippen molar-refractivity contribution in [3.63, 3.8) is 0 Å². The molecule has 0 bridgehead atoms. The highest BCUT2D eigenvalue weighted by Crippen LogP contribution is 2.31. The molecule has 31 heavy (non-hydrogen) atoms. The highest BCUT2D eigenvalue weighted by atomic mass is 19.4. The normalized spacial score (nSPS) is 18.7. The summed E-state index contributed by atoms with van der Waals surface area (Å²) in [6, 6.07) is 9.32. The number of nitrogens with one attached hydrogen (secondary N) is 2. The second-order valence-electron chi connectivity index (χ2n) is 7.69. The van der Waals surface area contributed by atoms with Crippen LogP contribution in [0.25, 0.3) is 0 Å². The van der Waals surface area contributed by atoms with Gasteiger partial charge in [-0.2, -0.15) is 23.4 Å². The lowest BCUT2D eigenvalue weighted by Gasteiger charge is -2.30. The Morgan fingerprint density at radius 2 is 1.81 bits per heavy atom. The van der Waals surface area contributed by atoms with Crippen molar-refractivity contribution in [2.24, 2.45) is 0 Å². The average Bonchev–Trinajstić information content (AvgIpc) is 2.74. The van der Waals surface area contributed by atoms with E-state index >= 15 is 0 Å². The van der Waals surface area contributed by atoms with E-state index in [9.17, 15) is 18.0 Å². The number of rotatable bonds is 5. The lowest BCUT2D eigenvalue weighted by Crippen LogP contribution is -2.40. The van der Waals surface area contributed by atoms with Gasteiger partial charge in [0.25, 0.3) is 5.91 Å². The highest BCUT2D eigenvalue weighted by molar-refractivity contribution is 5.94. The zero-order valence-corrected chi connectivity index (χ0v) is 17.2. The Hall–Kier alpha value is -3.35. The molecule has 2 N–H and O–H groups in total. The van der Waals surface area contributed by atoms with Gasteiger partial charge >= 0.3 is 6.18 Å². The predicted octanol–water partition coefficient (Wildman–Crippen LogP) is 3.59. The lowest BCUT2D eigenvalue weighted by molar-refractivity contribution is -0.141. The fourth-order valence-corrected chi connectivity index (χ4v) is 3.44. The molecule has 10 heteroatoms. The molecule has 0 aliphatic heterocycles. The number of carbonyl (C=O) groups excluding carboxylic acids is 1. The Labute approximate surface area is 178 Å². The number of hydrogen-bond acceptors (Lipinski definition) is 6. The quantitative estimate of drug-likeness (QED) is 0.750. The topological polar surface area (TPSA) is 93.9 Å². The summed E-state index contributed by atoms with van der Waals surface area (Å²) < 4.78 is 39.5. The van der Waals surface area contributed by atoms with Gasteiger partial charge in [0.2, 0.25) is 5.95 Å². The third kappa shape index (κ3) is 5.84. The molecule has 1 fully saturated rings. The minimum atomic E-state index is -4.56. The smallest absolute Gasteiger partial charge is 0.367 e. The molecular weight excluding hydrogens is 409 g/mol. The second kappa shape index (κ2) is 9.20. The molecule has 0 atom stereocenters. The summed E-state index contributed by atoms with van der Waals surface area (Å²) in [5.41, 5.74) is -0.147. The van der Waals surface area contributed by atoms with Crippen LogP contribution in [0.3, 0.4) is 0 Å². The Morgan fingerprint density at radius 1 is 1.13 bits per heavy atom. The van der Waals surface area contributed by atoms with Crippen LogP contribution in [0, 0.1) is 11.3 Å². The third-order valence-corrected chi connectivity index (χ3v) is 5.07. The van der Waals surface area contributed by atoms with Gasteiger partial charge in [-0.05, 0) is 43.9 Å². The second-order valence-corrected chi connectivity index (χ2v) is 7.69. The van der Waals surface area contributed by atoms with Crippen molar-refractivity contribution in [2.45, 2.75) is 43.9 Å². The van der Waals surface area contributed by atoms with E-state index in [1.807, 2.05) is 6.07 Å². The molecule has 2 aromatic rings. The van der Waals surface area contributed by atoms with Crippen molar-refractivity contribution in [3.8, 4) is 6.07 Å². The highest BCUT2D eigenvalue weighted by Gasteiger charge is 2.34. The van der Waals surface area contributed by atoms with Gasteiger partial charge in [0.15, 0.2) is 5.69 Å². The number of alkyl halides is 3. The molecule has 164 valence electrons. The Kier molecular flexibility index (Phi) is 6.63. The van der Waals surface area contributed by atoms with Gasteiger partial charge in [0, 0.05) is 37.8 Å². The molecule has 1 amide bonds. The zero-order valence-electron chi connectivity index (χ0n) is 17.2. The molecule has 3 rings (SSSR count). The van der Waals surface area contributed by atoms with Crippen molar-refractivity contribution in [3.05, 3.63) is 47.2 Å². The van der Waals surface area contributed by atoms with Crippen molar-refractivity contribution >= 4 is 17.7 Å². The molecule has 0 spiro atoms. The first-order valence-electron chi connectivity index (χ1n) is 9.87. The summed E-state index contributed by atoms with van der Waals surface area (Å²) >= 11 is 0. The van der Waals surface area contributed by atoms with Crippen molar-refractivity contribution in [1.29, 1.82) is 5.26 Å². The van der Waals surface area contributed by atoms with Crippen LogP contribution in [0.5, 0.6) is 0 Å². The maximum absolute atomic E-state index is 13.2. The van der Waals surface area contributed by atoms with Crippen molar-refractivity contribution < 1.29 is 18.0 Å². The van der Waals surface area contributed by atoms with E-state index in [1.54, 1.807) is 32.3 Å². The molecule has 1 heterocycles. The van der Waals surface area contributed by atoms with Gasteiger partial charge in [0.1, 0.15) is 5.82 Å². The number of carbonyl (C=O) groups is 1. The SMILES string of the molecule is CN(C)c1nc(N[C@H]2CC[C@@H](NC(=O)c3cccc(C#N)c3)CC2)cc(C(F)(F)F)n1. The molecule has 1 aromatic carbocycles. The Bertz CT molecular complexity index is 978. The number of nitriles is 1. The number of halogens is 3. The van der Waals surface area contributed by atoms with Crippen LogP contribution in [-0.2, 0) is 6.18 Å². The van der Waals surface area contributed by atoms with E-state index in [0.717, 1.165) is 6.07 Å². The summed E-state index contributed by atoms with van der Waals surface area (Å²) in [6.45, 7) is 0. The van der Waals surface area contributed by atoms with Gasteiger partial charge in [-0.15, -0.1) is 0 Å². The lowest BCUT2D eigenvalue weighted by atomic mass is 9.91. The van der Waals surface area contributed by atoms with Gasteiger partial charge < -0.3 is 15.5 Å². The van der Waals surface area contributed by atoms with Crippen LogP contribution in [-0.4, -0.2) is 42.1 Å². The molecule has 1 aliphatic rings. The van der Waals surface area contributed by atoms with E-state index in [4.69, 9.17) is 5.26 Å². The summed E-state index contributed by atoms with van der Waals surface area (Å²) in [4.78, 5) is 21.6. The van der Waals surface area contributed by atoms with Crippen LogP contribution in [0.4, 0.5) is 24.9 Å². The van der Waals surface area contributed by atoms with Gasteiger partial charge in [-0.1, -0.05) is 6.07 Å². The molecule has 1 aromatic heterocycles. The van der Waals surface area contributed by atoms with Gasteiger partial charge in [-0.3, -0.25) is 4.79 Å². The monoisotopic (exact) mass is 432 g/mol. The Morgan fingerprint density at radius 3 is 2.42 bits per heavy atom. The maximum Gasteiger partial charge on any atom is 0.433 e. The van der Waals surface area contributed by atoms with Crippen LogP contribution < -0.4 is 15.5 Å². The first-order valence-corrected chi connectivity index (χ1v) is 9.87. The molecule has 0 unspecified atom stereocenters. The van der Waals surface area contributed by atoms with E-state index in [1.165, 1.54) is 11.0 Å². The average molecular weight is 432 g/mol. The number of benzene rings is 1. The van der Waals surface area contributed by atoms with Crippen molar-refractivity contribution in [2.75, 3.05) is 24.3 Å². The summed E-state index contributed by atoms with van der Waals surface area (Å²) in [7, 11) is 3.17. The summed E-state index contributed by atoms with van der Waals surface area (Å²) in [6.07, 6.45) is -1.86. The van der Waals surface area contributed by atoms with Crippen LogP contribution >= 0.6 is 0 Å². The van der Waals surface area contributed by atoms with Gasteiger partial charge in [0.05, 0.1) is 11.6 Å². The molecule has 7 nitrogen and oxygen atoms in total.